The average molecular weight is 274 g/mol. The Hall–Kier alpha value is -0.910. The molecule has 0 bridgehead atoms. The lowest BCUT2D eigenvalue weighted by Crippen LogP contribution is -2.50. The van der Waals surface area contributed by atoms with Crippen LogP contribution in [0.4, 0.5) is 4.79 Å². The van der Waals surface area contributed by atoms with E-state index in [1.54, 1.807) is 11.8 Å². The second-order valence-corrected chi connectivity index (χ2v) is 5.69. The molecule has 1 aliphatic carbocycles. The zero-order valence-electron chi connectivity index (χ0n) is 10.9. The maximum Gasteiger partial charge on any atom is 0.326 e. The Morgan fingerprint density at radius 1 is 1.44 bits per heavy atom. The summed E-state index contributed by atoms with van der Waals surface area (Å²) in [6.45, 7) is 1.90. The van der Waals surface area contributed by atoms with Crippen molar-refractivity contribution in [3.05, 3.63) is 0 Å². The number of carboxylic acid groups (broad SMARTS) is 1. The number of aliphatic carboxylic acids is 1. The largest absolute Gasteiger partial charge is 0.480 e. The molecule has 3 atom stereocenters. The van der Waals surface area contributed by atoms with Crippen molar-refractivity contribution in [2.24, 2.45) is 0 Å². The van der Waals surface area contributed by atoms with Crippen LogP contribution in [0.15, 0.2) is 0 Å². The topological polar surface area (TPSA) is 78.4 Å². The van der Waals surface area contributed by atoms with Gasteiger partial charge >= 0.3 is 12.0 Å². The number of carbonyl (C=O) groups is 2. The predicted octanol–water partition coefficient (Wildman–Crippen LogP) is 1.82. The Balaban J connectivity index is 2.42. The molecule has 2 unspecified atom stereocenters. The molecule has 18 heavy (non-hydrogen) atoms. The summed E-state index contributed by atoms with van der Waals surface area (Å²) < 4.78 is 0. The third-order valence-electron chi connectivity index (χ3n) is 3.25. The molecule has 6 heteroatoms. The SMILES string of the molecule is CCC[C@H](NC(=O)NC1CCCC1SC)C(=O)O. The Bertz CT molecular complexity index is 299. The molecule has 0 saturated heterocycles. The number of amides is 2. The number of rotatable bonds is 6. The fourth-order valence-electron chi connectivity index (χ4n) is 2.29. The molecule has 0 spiro atoms. The van der Waals surface area contributed by atoms with Gasteiger partial charge in [-0.3, -0.25) is 0 Å². The Kier molecular flexibility index (Phi) is 6.32. The van der Waals surface area contributed by atoms with E-state index in [2.05, 4.69) is 10.6 Å². The van der Waals surface area contributed by atoms with Crippen LogP contribution < -0.4 is 10.6 Å². The third kappa shape index (κ3) is 4.40. The molecule has 0 aromatic heterocycles. The highest BCUT2D eigenvalue weighted by molar-refractivity contribution is 7.99. The first-order valence-corrected chi connectivity index (χ1v) is 7.69. The first-order chi connectivity index (χ1) is 8.58. The minimum Gasteiger partial charge on any atom is -0.480 e. The van der Waals surface area contributed by atoms with Gasteiger partial charge in [0.25, 0.3) is 0 Å². The monoisotopic (exact) mass is 274 g/mol. The molecule has 0 radical (unpaired) electrons. The van der Waals surface area contributed by atoms with E-state index < -0.39 is 12.0 Å². The summed E-state index contributed by atoms with van der Waals surface area (Å²) in [6, 6.07) is -0.984. The van der Waals surface area contributed by atoms with Crippen molar-refractivity contribution in [3.63, 3.8) is 0 Å². The highest BCUT2D eigenvalue weighted by Crippen LogP contribution is 2.28. The van der Waals surface area contributed by atoms with E-state index in [0.717, 1.165) is 25.7 Å². The molecule has 0 aromatic carbocycles. The number of carbonyl (C=O) groups excluding carboxylic acids is 1. The van der Waals surface area contributed by atoms with Gasteiger partial charge in [0.05, 0.1) is 0 Å². The highest BCUT2D eigenvalue weighted by Gasteiger charge is 2.28. The van der Waals surface area contributed by atoms with Crippen LogP contribution in [0.3, 0.4) is 0 Å². The van der Waals surface area contributed by atoms with Gasteiger partial charge in [-0.05, 0) is 25.5 Å². The van der Waals surface area contributed by atoms with Gasteiger partial charge in [0.2, 0.25) is 0 Å². The van der Waals surface area contributed by atoms with E-state index in [9.17, 15) is 9.59 Å². The molecule has 1 fully saturated rings. The summed E-state index contributed by atoms with van der Waals surface area (Å²) in [4.78, 5) is 22.7. The molecule has 3 N–H and O–H groups in total. The Morgan fingerprint density at radius 2 is 2.17 bits per heavy atom. The first kappa shape index (κ1) is 15.1. The molecular formula is C12H22N2O3S. The van der Waals surface area contributed by atoms with Gasteiger partial charge in [-0.15, -0.1) is 0 Å². The minimum absolute atomic E-state index is 0.163. The summed E-state index contributed by atoms with van der Waals surface area (Å²) in [5, 5.41) is 14.8. The standard InChI is InChI=1S/C12H22N2O3S/c1-3-5-9(11(15)16)14-12(17)13-8-6-4-7-10(8)18-2/h8-10H,3-7H2,1-2H3,(H,15,16)(H2,13,14,17)/t8?,9-,10?/m0/s1. The molecule has 0 heterocycles. The van der Waals surface area contributed by atoms with E-state index in [0.29, 0.717) is 11.7 Å². The van der Waals surface area contributed by atoms with Crippen LogP contribution in [0.25, 0.3) is 0 Å². The normalized spacial score (nSPS) is 24.6. The number of nitrogens with one attached hydrogen (secondary N) is 2. The van der Waals surface area contributed by atoms with Gasteiger partial charge in [0.15, 0.2) is 0 Å². The van der Waals surface area contributed by atoms with Crippen molar-refractivity contribution in [1.82, 2.24) is 10.6 Å². The van der Waals surface area contributed by atoms with Crippen molar-refractivity contribution in [2.75, 3.05) is 6.26 Å². The minimum atomic E-state index is -0.972. The third-order valence-corrected chi connectivity index (χ3v) is 4.42. The van der Waals surface area contributed by atoms with Crippen molar-refractivity contribution in [1.29, 1.82) is 0 Å². The van der Waals surface area contributed by atoms with Gasteiger partial charge in [0.1, 0.15) is 6.04 Å². The van der Waals surface area contributed by atoms with Crippen molar-refractivity contribution in [3.8, 4) is 0 Å². The number of urea groups is 1. The highest BCUT2D eigenvalue weighted by atomic mass is 32.2. The fraction of sp³-hybridized carbons (Fsp3) is 0.833. The number of hydrogen-bond acceptors (Lipinski definition) is 3. The summed E-state index contributed by atoms with van der Waals surface area (Å²) in [7, 11) is 0. The fourth-order valence-corrected chi connectivity index (χ4v) is 3.22. The summed E-state index contributed by atoms with van der Waals surface area (Å²) >= 11 is 1.76. The molecule has 0 aliphatic heterocycles. The van der Waals surface area contributed by atoms with Gasteiger partial charge in [-0.1, -0.05) is 19.8 Å². The lowest BCUT2D eigenvalue weighted by Gasteiger charge is -2.21. The van der Waals surface area contributed by atoms with Crippen LogP contribution >= 0.6 is 11.8 Å². The number of carboxylic acids is 1. The first-order valence-electron chi connectivity index (χ1n) is 6.41. The average Bonchev–Trinajstić information content (AvgIpc) is 2.75. The maximum absolute atomic E-state index is 11.8. The van der Waals surface area contributed by atoms with Crippen LogP contribution in [0.1, 0.15) is 39.0 Å². The van der Waals surface area contributed by atoms with E-state index in [1.165, 1.54) is 0 Å². The predicted molar refractivity (Wildman–Crippen MR) is 72.9 cm³/mol. The summed E-state index contributed by atoms with van der Waals surface area (Å²) in [6.07, 6.45) is 6.44. The van der Waals surface area contributed by atoms with Crippen molar-refractivity contribution >= 4 is 23.8 Å². The number of thioether (sulfide) groups is 1. The van der Waals surface area contributed by atoms with Gasteiger partial charge < -0.3 is 15.7 Å². The van der Waals surface area contributed by atoms with E-state index in [-0.39, 0.29) is 12.1 Å². The summed E-state index contributed by atoms with van der Waals surface area (Å²) in [5.74, 6) is -0.972. The zero-order chi connectivity index (χ0) is 13.5. The van der Waals surface area contributed by atoms with E-state index in [4.69, 9.17) is 5.11 Å². The van der Waals surface area contributed by atoms with Crippen LogP contribution in [0, 0.1) is 0 Å². The van der Waals surface area contributed by atoms with E-state index in [1.807, 2.05) is 13.2 Å². The molecule has 1 rings (SSSR count). The molecule has 1 aliphatic rings. The molecule has 104 valence electrons. The Labute approximate surface area is 112 Å². The summed E-state index contributed by atoms with van der Waals surface area (Å²) in [5.41, 5.74) is 0. The smallest absolute Gasteiger partial charge is 0.326 e. The van der Waals surface area contributed by atoms with Crippen LogP contribution in [-0.4, -0.2) is 40.7 Å². The van der Waals surface area contributed by atoms with Crippen molar-refractivity contribution < 1.29 is 14.7 Å². The maximum atomic E-state index is 11.8. The van der Waals surface area contributed by atoms with Crippen LogP contribution in [0.2, 0.25) is 0 Å². The molecular weight excluding hydrogens is 252 g/mol. The Morgan fingerprint density at radius 3 is 2.72 bits per heavy atom. The number of hydrogen-bond donors (Lipinski definition) is 3. The quantitative estimate of drug-likeness (QED) is 0.690. The van der Waals surface area contributed by atoms with Crippen LogP contribution in [0.5, 0.6) is 0 Å². The molecule has 0 aromatic rings. The zero-order valence-corrected chi connectivity index (χ0v) is 11.8. The van der Waals surface area contributed by atoms with Gasteiger partial charge in [0, 0.05) is 11.3 Å². The molecule has 2 amide bonds. The van der Waals surface area contributed by atoms with E-state index >= 15 is 0 Å². The second kappa shape index (κ2) is 7.51. The second-order valence-electron chi connectivity index (χ2n) is 4.61. The van der Waals surface area contributed by atoms with Crippen molar-refractivity contribution in [2.45, 2.75) is 56.4 Å². The molecule has 5 nitrogen and oxygen atoms in total. The lowest BCUT2D eigenvalue weighted by atomic mass is 10.2. The molecule has 1 saturated carbocycles. The van der Waals surface area contributed by atoms with Crippen LogP contribution in [-0.2, 0) is 4.79 Å². The van der Waals surface area contributed by atoms with Gasteiger partial charge in [-0.25, -0.2) is 9.59 Å². The van der Waals surface area contributed by atoms with Gasteiger partial charge in [-0.2, -0.15) is 11.8 Å². The lowest BCUT2D eigenvalue weighted by molar-refractivity contribution is -0.139.